The number of sulfonamides is 1. The highest BCUT2D eigenvalue weighted by Crippen LogP contribution is 2.47. The lowest BCUT2D eigenvalue weighted by Crippen LogP contribution is -2.55. The molecule has 0 radical (unpaired) electrons. The van der Waals surface area contributed by atoms with Crippen LogP contribution < -0.4 is 25.2 Å². The molecule has 0 spiro atoms. The van der Waals surface area contributed by atoms with E-state index in [9.17, 15) is 37.5 Å². The van der Waals surface area contributed by atoms with Crippen LogP contribution in [0.2, 0.25) is 5.02 Å². The molecule has 0 aliphatic carbocycles. The molecule has 4 N–H and O–H groups in total. The van der Waals surface area contributed by atoms with Crippen LogP contribution >= 0.6 is 34.3 Å². The van der Waals surface area contributed by atoms with Gasteiger partial charge in [0.05, 0.1) is 26.5 Å². The number of carboxylic acid groups (broad SMARTS) is 2. The molecule has 2 aromatic heterocycles. The number of halogens is 1. The molecule has 16 nitrogen and oxygen atoms in total. The number of amides is 3. The van der Waals surface area contributed by atoms with Crippen molar-refractivity contribution in [2.24, 2.45) is 0 Å². The van der Waals surface area contributed by atoms with Gasteiger partial charge in [-0.25, -0.2) is 23.0 Å². The lowest BCUT2D eigenvalue weighted by atomic mass is 9.85. The minimum absolute atomic E-state index is 0.0118. The summed E-state index contributed by atoms with van der Waals surface area (Å²) in [6.07, 6.45) is 3.26. The van der Waals surface area contributed by atoms with E-state index in [1.54, 1.807) is 32.7 Å². The monoisotopic (exact) mass is 1010 g/mol. The van der Waals surface area contributed by atoms with Crippen molar-refractivity contribution in [3.8, 4) is 16.2 Å². The summed E-state index contributed by atoms with van der Waals surface area (Å²) in [6, 6.07) is 21.9. The summed E-state index contributed by atoms with van der Waals surface area (Å²) in [5, 5.41) is 27.5. The Hall–Kier alpha value is -6.12. The lowest BCUT2D eigenvalue weighted by molar-refractivity contribution is -0.139. The Bertz CT molecular complexity index is 3240. The van der Waals surface area contributed by atoms with E-state index < -0.39 is 46.1 Å². The Morgan fingerprint density at radius 3 is 2.48 bits per heavy atom. The Labute approximate surface area is 409 Å². The van der Waals surface area contributed by atoms with Crippen molar-refractivity contribution >= 4 is 111 Å². The summed E-state index contributed by atoms with van der Waals surface area (Å²) in [6.45, 7) is 4.95. The van der Waals surface area contributed by atoms with Crippen LogP contribution in [0.1, 0.15) is 89.4 Å². The van der Waals surface area contributed by atoms with E-state index in [0.29, 0.717) is 46.6 Å². The maximum Gasteiger partial charge on any atom is 0.349 e. The molecular formula is C49H47ClN6O10S3. The number of anilines is 3. The van der Waals surface area contributed by atoms with E-state index in [-0.39, 0.29) is 58.0 Å². The number of nitrogens with zero attached hydrogens (tertiary/aromatic N) is 4. The van der Waals surface area contributed by atoms with Crippen LogP contribution in [-0.2, 0) is 30.2 Å². The minimum Gasteiger partial charge on any atom is -0.479 e. The SMILES string of the molecule is CC1(C)CC(Nc2cccc(-c3sc(C(=O)O)c(OCC(=O)O)c3Cl)c2)CCN1S(=O)(=O)Cc1ccc2sc(N3CCC(c4ccc5c6c(cccc46)C(=O)N5C4CCC(=O)NC4=O)CC3)nc2c1. The van der Waals surface area contributed by atoms with Crippen molar-refractivity contribution in [2.45, 2.75) is 81.7 Å². The molecule has 69 heavy (non-hydrogen) atoms. The number of benzene rings is 4. The number of imide groups is 1. The number of carbonyl (C=O) groups is 5. The van der Waals surface area contributed by atoms with Crippen molar-refractivity contribution in [3.05, 3.63) is 99.4 Å². The lowest BCUT2D eigenvalue weighted by Gasteiger charge is -2.45. The van der Waals surface area contributed by atoms with Gasteiger partial charge in [-0.05, 0) is 110 Å². The summed E-state index contributed by atoms with van der Waals surface area (Å²) in [7, 11) is -3.75. The van der Waals surface area contributed by atoms with Crippen LogP contribution in [0.15, 0.2) is 72.8 Å². The van der Waals surface area contributed by atoms with Crippen molar-refractivity contribution in [1.82, 2.24) is 14.6 Å². The van der Waals surface area contributed by atoms with Gasteiger partial charge in [0.15, 0.2) is 22.4 Å². The van der Waals surface area contributed by atoms with Gasteiger partial charge in [-0.1, -0.05) is 59.3 Å². The number of carbonyl (C=O) groups excluding carboxylic acids is 3. The zero-order chi connectivity index (χ0) is 48.5. The molecule has 4 aromatic carbocycles. The van der Waals surface area contributed by atoms with Gasteiger partial charge in [-0.15, -0.1) is 11.3 Å². The van der Waals surface area contributed by atoms with Gasteiger partial charge in [0, 0.05) is 54.3 Å². The van der Waals surface area contributed by atoms with Gasteiger partial charge < -0.3 is 25.2 Å². The van der Waals surface area contributed by atoms with E-state index in [4.69, 9.17) is 26.4 Å². The normalized spacial score (nSPS) is 19.9. The molecule has 0 saturated carbocycles. The van der Waals surface area contributed by atoms with Gasteiger partial charge in [0.25, 0.3) is 5.91 Å². The summed E-state index contributed by atoms with van der Waals surface area (Å²) in [5.41, 5.74) is 4.47. The summed E-state index contributed by atoms with van der Waals surface area (Å²) < 4.78 is 36.1. The van der Waals surface area contributed by atoms with E-state index in [1.807, 2.05) is 68.4 Å². The maximum absolute atomic E-state index is 14.2. The topological polar surface area (TPSA) is 216 Å². The molecule has 2 atom stereocenters. The number of nitrogens with one attached hydrogen (secondary N) is 2. The number of ether oxygens (including phenoxy) is 1. The van der Waals surface area contributed by atoms with E-state index in [1.165, 1.54) is 5.56 Å². The van der Waals surface area contributed by atoms with Crippen molar-refractivity contribution in [3.63, 3.8) is 0 Å². The van der Waals surface area contributed by atoms with Crippen LogP contribution in [0.3, 0.4) is 0 Å². The molecule has 2 unspecified atom stereocenters. The van der Waals surface area contributed by atoms with Gasteiger partial charge in [-0.3, -0.25) is 24.6 Å². The Kier molecular flexibility index (Phi) is 12.2. The molecule has 358 valence electrons. The fourth-order valence-electron chi connectivity index (χ4n) is 10.5. The minimum atomic E-state index is -3.75. The molecule has 6 heterocycles. The highest BCUT2D eigenvalue weighted by Gasteiger charge is 2.43. The molecule has 4 aliphatic rings. The standard InChI is InChI=1S/C49H47ClN6O10S3/c1-49(2)23-30(51-29-6-3-5-28(22-29)43-41(50)42(66-24-39(58)59)44(68-43)47(62)63)17-20-55(49)69(64,65)25-26-9-13-37-34(21-26)52-48(67-37)54-18-15-27(16-19-54)31-10-11-35-40-32(31)7-4-8-33(40)46(61)56(35)36-12-14-38(57)53-45(36)60/h3-11,13,21-22,27,30,36,51H,12,14-20,23-25H2,1-2H3,(H,58,59)(H,62,63)(H,53,57,60). The largest absolute Gasteiger partial charge is 0.479 e. The van der Waals surface area contributed by atoms with Gasteiger partial charge in [-0.2, -0.15) is 4.31 Å². The van der Waals surface area contributed by atoms with Crippen LogP contribution in [0.4, 0.5) is 16.5 Å². The average Bonchev–Trinajstić information content (AvgIpc) is 3.97. The first kappa shape index (κ1) is 46.6. The molecule has 3 fully saturated rings. The van der Waals surface area contributed by atoms with Gasteiger partial charge in [0.1, 0.15) is 11.1 Å². The second kappa shape index (κ2) is 18.0. The summed E-state index contributed by atoms with van der Waals surface area (Å²) >= 11 is 9.02. The number of aromatic nitrogens is 1. The zero-order valence-electron chi connectivity index (χ0n) is 37.5. The van der Waals surface area contributed by atoms with Gasteiger partial charge in [0.2, 0.25) is 21.8 Å². The molecule has 3 amide bonds. The molecule has 4 aliphatic heterocycles. The van der Waals surface area contributed by atoms with Crippen molar-refractivity contribution in [1.29, 1.82) is 0 Å². The molecule has 6 aromatic rings. The average molecular weight is 1010 g/mol. The number of piperidine rings is 3. The Balaban J connectivity index is 0.778. The van der Waals surface area contributed by atoms with Crippen LogP contribution in [-0.4, -0.2) is 101 Å². The third-order valence-electron chi connectivity index (χ3n) is 13.6. The molecule has 10 rings (SSSR count). The van der Waals surface area contributed by atoms with Crippen molar-refractivity contribution in [2.75, 3.05) is 41.4 Å². The number of thiazole rings is 1. The fourth-order valence-corrected chi connectivity index (χ4v) is 14.8. The van der Waals surface area contributed by atoms with Crippen LogP contribution in [0, 0.1) is 0 Å². The van der Waals surface area contributed by atoms with Crippen molar-refractivity contribution < 1.29 is 47.3 Å². The zero-order valence-corrected chi connectivity index (χ0v) is 40.7. The number of fused-ring (bicyclic) bond motifs is 1. The Morgan fingerprint density at radius 1 is 0.957 bits per heavy atom. The second-order valence-electron chi connectivity index (χ2n) is 18.6. The Morgan fingerprint density at radius 2 is 1.74 bits per heavy atom. The molecular weight excluding hydrogens is 964 g/mol. The number of rotatable bonds is 13. The predicted octanol–water partition coefficient (Wildman–Crippen LogP) is 8.33. The first-order valence-electron chi connectivity index (χ1n) is 22.6. The molecule has 20 heteroatoms. The highest BCUT2D eigenvalue weighted by molar-refractivity contribution is 7.88. The van der Waals surface area contributed by atoms with E-state index in [0.717, 1.165) is 69.1 Å². The third kappa shape index (κ3) is 8.79. The first-order valence-corrected chi connectivity index (χ1v) is 26.2. The molecule has 0 bridgehead atoms. The van der Waals surface area contributed by atoms with Crippen LogP contribution in [0.25, 0.3) is 31.4 Å². The predicted molar refractivity (Wildman–Crippen MR) is 266 cm³/mol. The number of aromatic carboxylic acids is 1. The summed E-state index contributed by atoms with van der Waals surface area (Å²) in [5.74, 6) is -3.67. The van der Waals surface area contributed by atoms with E-state index in [2.05, 4.69) is 21.6 Å². The maximum atomic E-state index is 14.2. The van der Waals surface area contributed by atoms with Crippen LogP contribution in [0.5, 0.6) is 5.75 Å². The second-order valence-corrected chi connectivity index (χ2v) is 22.9. The number of carboxylic acids is 2. The quantitative estimate of drug-likeness (QED) is 0.0802. The number of aliphatic carboxylic acids is 1. The number of hydrogen-bond acceptors (Lipinski definition) is 13. The third-order valence-corrected chi connectivity index (χ3v) is 18.4. The first-order chi connectivity index (χ1) is 33.0. The highest BCUT2D eigenvalue weighted by atomic mass is 35.5. The smallest absolute Gasteiger partial charge is 0.349 e. The van der Waals surface area contributed by atoms with E-state index >= 15 is 0 Å². The number of thiophene rings is 1. The summed E-state index contributed by atoms with van der Waals surface area (Å²) in [4.78, 5) is 70.5. The van der Waals surface area contributed by atoms with Gasteiger partial charge >= 0.3 is 11.9 Å². The molecule has 3 saturated heterocycles. The number of hydrogen-bond donors (Lipinski definition) is 4. The fraction of sp³-hybridized carbons (Fsp3) is 0.347.